The summed E-state index contributed by atoms with van der Waals surface area (Å²) < 4.78 is 2.33. The Morgan fingerprint density at radius 1 is 1.11 bits per heavy atom. The molecule has 2 aromatic rings. The van der Waals surface area contributed by atoms with Crippen LogP contribution in [0.4, 0.5) is 0 Å². The van der Waals surface area contributed by atoms with Crippen molar-refractivity contribution in [3.05, 3.63) is 36.0 Å². The molecule has 0 aliphatic rings. The number of hydrogen-bond donors (Lipinski definition) is 1. The summed E-state index contributed by atoms with van der Waals surface area (Å²) in [6.45, 7) is 7.65. The summed E-state index contributed by atoms with van der Waals surface area (Å²) in [5.41, 5.74) is 2.67. The first-order chi connectivity index (χ1) is 8.81. The van der Waals surface area contributed by atoms with Crippen molar-refractivity contribution in [3.8, 4) is 0 Å². The van der Waals surface area contributed by atoms with E-state index in [0.29, 0.717) is 0 Å². The molecular weight excluding hydrogens is 220 g/mol. The fourth-order valence-electron chi connectivity index (χ4n) is 2.34. The van der Waals surface area contributed by atoms with Crippen LogP contribution in [0, 0.1) is 6.92 Å². The third-order valence-corrected chi connectivity index (χ3v) is 3.41. The molecule has 1 aromatic heterocycles. The van der Waals surface area contributed by atoms with Gasteiger partial charge in [-0.05, 0) is 43.5 Å². The van der Waals surface area contributed by atoms with E-state index >= 15 is 0 Å². The molecule has 0 aliphatic heterocycles. The molecule has 0 fully saturated rings. The lowest BCUT2D eigenvalue weighted by Gasteiger charge is -2.07. The number of hydrogen-bond acceptors (Lipinski definition) is 1. The van der Waals surface area contributed by atoms with E-state index in [1.54, 1.807) is 0 Å². The second-order valence-electron chi connectivity index (χ2n) is 5.03. The van der Waals surface area contributed by atoms with Crippen LogP contribution in [0.15, 0.2) is 30.5 Å². The number of nitrogens with zero attached hydrogens (tertiary/aromatic N) is 1. The number of rotatable bonds is 7. The van der Waals surface area contributed by atoms with Crippen LogP contribution in [0.25, 0.3) is 10.9 Å². The minimum absolute atomic E-state index is 1.05. The van der Waals surface area contributed by atoms with Gasteiger partial charge in [-0.2, -0.15) is 0 Å². The molecule has 18 heavy (non-hydrogen) atoms. The molecule has 2 rings (SSSR count). The Labute approximate surface area is 110 Å². The van der Waals surface area contributed by atoms with Gasteiger partial charge in [-0.15, -0.1) is 0 Å². The van der Waals surface area contributed by atoms with Gasteiger partial charge in [0, 0.05) is 24.8 Å². The van der Waals surface area contributed by atoms with Gasteiger partial charge in [-0.1, -0.05) is 31.4 Å². The number of aromatic nitrogens is 1. The SMILES string of the molecule is CCCCCNCCn1ccc2cc(C)ccc21. The van der Waals surface area contributed by atoms with E-state index in [1.807, 2.05) is 0 Å². The first-order valence-electron chi connectivity index (χ1n) is 7.07. The van der Waals surface area contributed by atoms with E-state index in [-0.39, 0.29) is 0 Å². The molecule has 2 heteroatoms. The molecule has 0 saturated carbocycles. The van der Waals surface area contributed by atoms with Crippen LogP contribution in [0.3, 0.4) is 0 Å². The Kier molecular flexibility index (Phi) is 4.82. The highest BCUT2D eigenvalue weighted by atomic mass is 15.0. The lowest BCUT2D eigenvalue weighted by molar-refractivity contribution is 0.576. The van der Waals surface area contributed by atoms with Crippen molar-refractivity contribution < 1.29 is 0 Å². The summed E-state index contributed by atoms with van der Waals surface area (Å²) in [7, 11) is 0. The highest BCUT2D eigenvalue weighted by Crippen LogP contribution is 2.16. The van der Waals surface area contributed by atoms with Gasteiger partial charge in [0.25, 0.3) is 0 Å². The number of nitrogens with one attached hydrogen (secondary N) is 1. The molecule has 0 aliphatic carbocycles. The average molecular weight is 244 g/mol. The van der Waals surface area contributed by atoms with Gasteiger partial charge in [0.15, 0.2) is 0 Å². The van der Waals surface area contributed by atoms with Crippen LogP contribution in [0.2, 0.25) is 0 Å². The number of unbranched alkanes of at least 4 members (excludes halogenated alkanes) is 2. The molecule has 0 spiro atoms. The standard InChI is InChI=1S/C16H24N2/c1-3-4-5-9-17-10-12-18-11-8-15-13-14(2)6-7-16(15)18/h6-8,11,13,17H,3-5,9-10,12H2,1-2H3. The minimum Gasteiger partial charge on any atom is -0.346 e. The third kappa shape index (κ3) is 3.36. The average Bonchev–Trinajstić information content (AvgIpc) is 2.76. The Morgan fingerprint density at radius 3 is 2.83 bits per heavy atom. The summed E-state index contributed by atoms with van der Waals surface area (Å²) in [5, 5.41) is 4.86. The largest absolute Gasteiger partial charge is 0.346 e. The maximum Gasteiger partial charge on any atom is 0.0480 e. The quantitative estimate of drug-likeness (QED) is 0.734. The number of benzene rings is 1. The molecule has 0 radical (unpaired) electrons. The predicted octanol–water partition coefficient (Wildman–Crippen LogP) is 3.73. The fraction of sp³-hybridized carbons (Fsp3) is 0.500. The van der Waals surface area contributed by atoms with E-state index in [9.17, 15) is 0 Å². The van der Waals surface area contributed by atoms with Gasteiger partial charge in [-0.25, -0.2) is 0 Å². The first-order valence-corrected chi connectivity index (χ1v) is 7.07. The van der Waals surface area contributed by atoms with Gasteiger partial charge >= 0.3 is 0 Å². The van der Waals surface area contributed by atoms with E-state index in [1.165, 1.54) is 35.7 Å². The summed E-state index contributed by atoms with van der Waals surface area (Å²) in [5.74, 6) is 0. The lowest BCUT2D eigenvalue weighted by atomic mass is 10.2. The van der Waals surface area contributed by atoms with E-state index < -0.39 is 0 Å². The zero-order valence-electron chi connectivity index (χ0n) is 11.6. The van der Waals surface area contributed by atoms with Crippen LogP contribution in [0.1, 0.15) is 31.7 Å². The van der Waals surface area contributed by atoms with Crippen molar-refractivity contribution in [2.24, 2.45) is 0 Å². The zero-order chi connectivity index (χ0) is 12.8. The molecule has 0 saturated heterocycles. The highest BCUT2D eigenvalue weighted by Gasteiger charge is 2.00. The zero-order valence-corrected chi connectivity index (χ0v) is 11.6. The van der Waals surface area contributed by atoms with Crippen molar-refractivity contribution in [2.45, 2.75) is 39.7 Å². The van der Waals surface area contributed by atoms with Crippen LogP contribution < -0.4 is 5.32 Å². The Hall–Kier alpha value is -1.28. The third-order valence-electron chi connectivity index (χ3n) is 3.41. The molecule has 1 N–H and O–H groups in total. The van der Waals surface area contributed by atoms with Crippen LogP contribution >= 0.6 is 0 Å². The second-order valence-corrected chi connectivity index (χ2v) is 5.03. The van der Waals surface area contributed by atoms with Gasteiger partial charge in [0.1, 0.15) is 0 Å². The molecule has 1 aromatic carbocycles. The summed E-state index contributed by atoms with van der Waals surface area (Å²) >= 11 is 0. The molecule has 0 atom stereocenters. The van der Waals surface area contributed by atoms with Crippen molar-refractivity contribution in [1.82, 2.24) is 9.88 Å². The first kappa shape index (κ1) is 13.2. The molecule has 0 unspecified atom stereocenters. The predicted molar refractivity (Wildman–Crippen MR) is 79.1 cm³/mol. The number of aryl methyl sites for hydroxylation is 1. The van der Waals surface area contributed by atoms with Crippen molar-refractivity contribution in [3.63, 3.8) is 0 Å². The second kappa shape index (κ2) is 6.60. The normalized spacial score (nSPS) is 11.2. The lowest BCUT2D eigenvalue weighted by Crippen LogP contribution is -2.20. The molecule has 0 amide bonds. The van der Waals surface area contributed by atoms with Gasteiger partial charge < -0.3 is 9.88 Å². The Morgan fingerprint density at radius 2 is 2.00 bits per heavy atom. The van der Waals surface area contributed by atoms with Gasteiger partial charge in [-0.3, -0.25) is 0 Å². The maximum atomic E-state index is 3.51. The van der Waals surface area contributed by atoms with Crippen LogP contribution in [-0.2, 0) is 6.54 Å². The summed E-state index contributed by atoms with van der Waals surface area (Å²) in [6, 6.07) is 8.87. The molecule has 2 nitrogen and oxygen atoms in total. The Balaban J connectivity index is 1.84. The minimum atomic E-state index is 1.05. The summed E-state index contributed by atoms with van der Waals surface area (Å²) in [4.78, 5) is 0. The topological polar surface area (TPSA) is 17.0 Å². The van der Waals surface area contributed by atoms with Gasteiger partial charge in [0.2, 0.25) is 0 Å². The molecular formula is C16H24N2. The van der Waals surface area contributed by atoms with Crippen LogP contribution in [0.5, 0.6) is 0 Å². The maximum absolute atomic E-state index is 3.51. The van der Waals surface area contributed by atoms with Crippen molar-refractivity contribution in [2.75, 3.05) is 13.1 Å². The number of fused-ring (bicyclic) bond motifs is 1. The summed E-state index contributed by atoms with van der Waals surface area (Å²) in [6.07, 6.45) is 6.11. The van der Waals surface area contributed by atoms with E-state index in [4.69, 9.17) is 0 Å². The van der Waals surface area contributed by atoms with Gasteiger partial charge in [0.05, 0.1) is 0 Å². The Bertz CT molecular complexity index is 485. The van der Waals surface area contributed by atoms with Crippen molar-refractivity contribution >= 4 is 10.9 Å². The van der Waals surface area contributed by atoms with E-state index in [0.717, 1.165) is 19.6 Å². The molecule has 98 valence electrons. The molecule has 1 heterocycles. The molecule has 0 bridgehead atoms. The van der Waals surface area contributed by atoms with E-state index in [2.05, 4.69) is 54.2 Å². The fourth-order valence-corrected chi connectivity index (χ4v) is 2.34. The van der Waals surface area contributed by atoms with Crippen LogP contribution in [-0.4, -0.2) is 17.7 Å². The highest BCUT2D eigenvalue weighted by molar-refractivity contribution is 5.80. The van der Waals surface area contributed by atoms with Crippen molar-refractivity contribution in [1.29, 1.82) is 0 Å². The monoisotopic (exact) mass is 244 g/mol. The smallest absolute Gasteiger partial charge is 0.0480 e.